The van der Waals surface area contributed by atoms with Gasteiger partial charge in [-0.1, -0.05) is 0 Å². The number of likely N-dealkylation sites (tertiary alicyclic amines) is 1. The summed E-state index contributed by atoms with van der Waals surface area (Å²) in [7, 11) is 2.19. The average molecular weight is 253 g/mol. The highest BCUT2D eigenvalue weighted by molar-refractivity contribution is 5.76. The monoisotopic (exact) mass is 253 g/mol. The maximum atomic E-state index is 11.8. The summed E-state index contributed by atoms with van der Waals surface area (Å²) in [6, 6.07) is 0. The van der Waals surface area contributed by atoms with Crippen LogP contribution in [0.1, 0.15) is 32.1 Å². The Morgan fingerprint density at radius 3 is 3.00 bits per heavy atom. The van der Waals surface area contributed by atoms with Crippen molar-refractivity contribution in [3.8, 4) is 0 Å². The lowest BCUT2D eigenvalue weighted by molar-refractivity contribution is -0.121. The predicted octanol–water partition coefficient (Wildman–Crippen LogP) is 0.834. The van der Waals surface area contributed by atoms with Crippen molar-refractivity contribution in [2.24, 2.45) is 11.8 Å². The Kier molecular flexibility index (Phi) is 5.45. The molecule has 0 saturated carbocycles. The zero-order valence-corrected chi connectivity index (χ0v) is 11.6. The Morgan fingerprint density at radius 2 is 2.28 bits per heavy atom. The van der Waals surface area contributed by atoms with Crippen LogP contribution >= 0.6 is 0 Å². The summed E-state index contributed by atoms with van der Waals surface area (Å²) in [5.74, 6) is 1.58. The molecule has 0 aromatic carbocycles. The lowest BCUT2D eigenvalue weighted by atomic mass is 9.95. The van der Waals surface area contributed by atoms with Gasteiger partial charge in [-0.2, -0.15) is 0 Å². The number of carbonyl (C=O) groups excluding carboxylic acids is 1. The van der Waals surface area contributed by atoms with E-state index in [4.69, 9.17) is 0 Å². The molecule has 4 heteroatoms. The molecule has 2 saturated heterocycles. The summed E-state index contributed by atoms with van der Waals surface area (Å²) in [6.45, 7) is 5.38. The molecule has 0 aromatic rings. The van der Waals surface area contributed by atoms with Gasteiger partial charge in [0.05, 0.1) is 0 Å². The second-order valence-corrected chi connectivity index (χ2v) is 5.97. The van der Waals surface area contributed by atoms with E-state index in [1.807, 2.05) is 0 Å². The van der Waals surface area contributed by atoms with Gasteiger partial charge in [0.2, 0.25) is 5.91 Å². The van der Waals surface area contributed by atoms with Crippen molar-refractivity contribution in [2.45, 2.75) is 32.1 Å². The van der Waals surface area contributed by atoms with Crippen LogP contribution in [0.15, 0.2) is 0 Å². The fraction of sp³-hybridized carbons (Fsp3) is 0.929. The van der Waals surface area contributed by atoms with Crippen LogP contribution < -0.4 is 10.6 Å². The second kappa shape index (κ2) is 7.10. The van der Waals surface area contributed by atoms with E-state index in [-0.39, 0.29) is 5.91 Å². The van der Waals surface area contributed by atoms with E-state index in [1.165, 1.54) is 25.9 Å². The minimum absolute atomic E-state index is 0.243. The van der Waals surface area contributed by atoms with Crippen molar-refractivity contribution >= 4 is 5.91 Å². The lowest BCUT2D eigenvalue weighted by Gasteiger charge is -2.29. The third-order valence-corrected chi connectivity index (χ3v) is 4.23. The highest BCUT2D eigenvalue weighted by Gasteiger charge is 2.19. The number of hydrogen-bond donors (Lipinski definition) is 2. The van der Waals surface area contributed by atoms with Crippen molar-refractivity contribution in [1.29, 1.82) is 0 Å². The Balaban J connectivity index is 1.55. The molecule has 0 bridgehead atoms. The van der Waals surface area contributed by atoms with Crippen molar-refractivity contribution < 1.29 is 4.79 Å². The van der Waals surface area contributed by atoms with Crippen molar-refractivity contribution in [1.82, 2.24) is 15.5 Å². The minimum atomic E-state index is 0.243. The third-order valence-electron chi connectivity index (χ3n) is 4.23. The van der Waals surface area contributed by atoms with Crippen LogP contribution in [-0.4, -0.2) is 50.6 Å². The first-order valence-corrected chi connectivity index (χ1v) is 7.40. The summed E-state index contributed by atoms with van der Waals surface area (Å²) >= 11 is 0. The molecular formula is C14H27N3O. The molecule has 0 radical (unpaired) electrons. The van der Waals surface area contributed by atoms with Gasteiger partial charge in [-0.3, -0.25) is 4.79 Å². The molecule has 0 aromatic heterocycles. The van der Waals surface area contributed by atoms with Crippen LogP contribution in [0.25, 0.3) is 0 Å². The average Bonchev–Trinajstić information content (AvgIpc) is 2.82. The van der Waals surface area contributed by atoms with Gasteiger partial charge in [-0.25, -0.2) is 0 Å². The van der Waals surface area contributed by atoms with Gasteiger partial charge in [0, 0.05) is 19.5 Å². The first-order valence-electron chi connectivity index (χ1n) is 7.40. The molecule has 2 fully saturated rings. The maximum Gasteiger partial charge on any atom is 0.220 e. The number of nitrogens with one attached hydrogen (secondary N) is 2. The quantitative estimate of drug-likeness (QED) is 0.763. The smallest absolute Gasteiger partial charge is 0.220 e. The molecular weight excluding hydrogens is 226 g/mol. The highest BCUT2D eigenvalue weighted by atomic mass is 16.1. The summed E-state index contributed by atoms with van der Waals surface area (Å²) in [4.78, 5) is 14.2. The fourth-order valence-corrected chi connectivity index (χ4v) is 3.15. The molecule has 4 nitrogen and oxygen atoms in total. The predicted molar refractivity (Wildman–Crippen MR) is 73.4 cm³/mol. The zero-order chi connectivity index (χ0) is 12.8. The van der Waals surface area contributed by atoms with Crippen molar-refractivity contribution in [3.05, 3.63) is 0 Å². The van der Waals surface area contributed by atoms with Crippen LogP contribution in [0, 0.1) is 11.8 Å². The van der Waals surface area contributed by atoms with Crippen LogP contribution in [0.5, 0.6) is 0 Å². The molecule has 104 valence electrons. The number of carbonyl (C=O) groups is 1. The molecule has 2 heterocycles. The topological polar surface area (TPSA) is 44.4 Å². The number of amides is 1. The van der Waals surface area contributed by atoms with Gasteiger partial charge in [0.1, 0.15) is 0 Å². The van der Waals surface area contributed by atoms with Gasteiger partial charge in [0.15, 0.2) is 0 Å². The Labute approximate surface area is 110 Å². The number of hydrogen-bond acceptors (Lipinski definition) is 3. The normalized spacial score (nSPS) is 29.4. The summed E-state index contributed by atoms with van der Waals surface area (Å²) in [5.41, 5.74) is 0. The van der Waals surface area contributed by atoms with E-state index >= 15 is 0 Å². The SMILES string of the molecule is CN1CCCC(CCNC(=O)CC2CCNC2)C1. The molecule has 0 aliphatic carbocycles. The molecule has 18 heavy (non-hydrogen) atoms. The van der Waals surface area contributed by atoms with Gasteiger partial charge >= 0.3 is 0 Å². The van der Waals surface area contributed by atoms with Crippen LogP contribution in [0.3, 0.4) is 0 Å². The number of nitrogens with zero attached hydrogens (tertiary/aromatic N) is 1. The Morgan fingerprint density at radius 1 is 1.39 bits per heavy atom. The van der Waals surface area contributed by atoms with E-state index in [2.05, 4.69) is 22.6 Å². The molecule has 2 unspecified atom stereocenters. The van der Waals surface area contributed by atoms with Crippen molar-refractivity contribution in [2.75, 3.05) is 39.8 Å². The van der Waals surface area contributed by atoms with Gasteiger partial charge < -0.3 is 15.5 Å². The molecule has 2 aliphatic heterocycles. The third kappa shape index (κ3) is 4.58. The maximum absolute atomic E-state index is 11.8. The molecule has 0 spiro atoms. The minimum Gasteiger partial charge on any atom is -0.356 e. The van der Waals surface area contributed by atoms with Gasteiger partial charge in [-0.15, -0.1) is 0 Å². The van der Waals surface area contributed by atoms with E-state index in [9.17, 15) is 4.79 Å². The van der Waals surface area contributed by atoms with E-state index in [1.54, 1.807) is 0 Å². The van der Waals surface area contributed by atoms with Crippen molar-refractivity contribution in [3.63, 3.8) is 0 Å². The molecule has 2 rings (SSSR count). The van der Waals surface area contributed by atoms with Crippen LogP contribution in [-0.2, 0) is 4.79 Å². The Bertz CT molecular complexity index is 264. The van der Waals surface area contributed by atoms with Crippen LogP contribution in [0.2, 0.25) is 0 Å². The van der Waals surface area contributed by atoms with E-state index < -0.39 is 0 Å². The molecule has 2 atom stereocenters. The summed E-state index contributed by atoms with van der Waals surface area (Å²) in [5, 5.41) is 6.39. The molecule has 1 amide bonds. The summed E-state index contributed by atoms with van der Waals surface area (Å²) < 4.78 is 0. The zero-order valence-electron chi connectivity index (χ0n) is 11.6. The Hall–Kier alpha value is -0.610. The van der Waals surface area contributed by atoms with Crippen LogP contribution in [0.4, 0.5) is 0 Å². The van der Waals surface area contributed by atoms with E-state index in [0.717, 1.165) is 38.4 Å². The lowest BCUT2D eigenvalue weighted by Crippen LogP contribution is -2.35. The first kappa shape index (κ1) is 13.8. The fourth-order valence-electron chi connectivity index (χ4n) is 3.15. The van der Waals surface area contributed by atoms with Gasteiger partial charge in [-0.05, 0) is 64.2 Å². The highest BCUT2D eigenvalue weighted by Crippen LogP contribution is 2.17. The first-order chi connectivity index (χ1) is 8.74. The van der Waals surface area contributed by atoms with E-state index in [0.29, 0.717) is 12.3 Å². The second-order valence-electron chi connectivity index (χ2n) is 5.97. The summed E-state index contributed by atoms with van der Waals surface area (Å²) in [6.07, 6.45) is 5.63. The van der Waals surface area contributed by atoms with Gasteiger partial charge in [0.25, 0.3) is 0 Å². The largest absolute Gasteiger partial charge is 0.356 e. The standard InChI is InChI=1S/C14H27N3O/c1-17-8-2-3-12(11-17)5-7-16-14(18)9-13-4-6-15-10-13/h12-13,15H,2-11H2,1H3,(H,16,18). The molecule has 2 aliphatic rings. The number of rotatable bonds is 5. The molecule has 2 N–H and O–H groups in total. The number of piperidine rings is 1.